The molecule has 3 aromatic carbocycles. The summed E-state index contributed by atoms with van der Waals surface area (Å²) in [4.78, 5) is 18.6. The second-order valence-electron chi connectivity index (χ2n) is 9.54. The number of rotatable bonds is 6. The molecule has 0 radical (unpaired) electrons. The van der Waals surface area contributed by atoms with Crippen LogP contribution < -0.4 is 9.47 Å². The lowest BCUT2D eigenvalue weighted by Gasteiger charge is -2.40. The van der Waals surface area contributed by atoms with Gasteiger partial charge >= 0.3 is 0 Å². The van der Waals surface area contributed by atoms with Gasteiger partial charge in [0.05, 0.1) is 36.6 Å². The largest absolute Gasteiger partial charge is 0.497 e. The Morgan fingerprint density at radius 3 is 2.41 bits per heavy atom. The van der Waals surface area contributed by atoms with E-state index in [4.69, 9.17) is 14.5 Å². The van der Waals surface area contributed by atoms with Gasteiger partial charge in [0.25, 0.3) is 5.69 Å². The van der Waals surface area contributed by atoms with E-state index < -0.39 is 0 Å². The van der Waals surface area contributed by atoms with E-state index in [9.17, 15) is 10.1 Å². The van der Waals surface area contributed by atoms with Crippen molar-refractivity contribution < 1.29 is 14.4 Å². The van der Waals surface area contributed by atoms with Crippen molar-refractivity contribution in [2.24, 2.45) is 4.99 Å². The summed E-state index contributed by atoms with van der Waals surface area (Å²) in [7, 11) is 3.34. The van der Waals surface area contributed by atoms with Crippen LogP contribution in [0.5, 0.6) is 11.5 Å². The minimum Gasteiger partial charge on any atom is -0.497 e. The van der Waals surface area contributed by atoms with Crippen LogP contribution in [0.4, 0.5) is 5.69 Å². The number of aliphatic imine (C=N–C) groups is 1. The number of nitrogens with zero attached hydrogens (tertiary/aromatic N) is 3. The third kappa shape index (κ3) is 4.72. The molecule has 8 heteroatoms. The molecule has 2 heterocycles. The molecule has 3 aliphatic rings. The molecule has 1 atom stereocenters. The smallest absolute Gasteiger partial charge is 0.270 e. The lowest BCUT2D eigenvalue weighted by molar-refractivity contribution is -0.384. The highest BCUT2D eigenvalue weighted by molar-refractivity contribution is 8.16. The van der Waals surface area contributed by atoms with E-state index in [1.807, 2.05) is 30.3 Å². The molecule has 0 bridgehead atoms. The first-order valence-electron chi connectivity index (χ1n) is 12.8. The van der Waals surface area contributed by atoms with Crippen LogP contribution >= 0.6 is 11.8 Å². The normalized spacial score (nSPS) is 19.3. The maximum atomic E-state index is 11.5. The van der Waals surface area contributed by atoms with Crippen LogP contribution in [0.2, 0.25) is 0 Å². The Kier molecular flexibility index (Phi) is 6.70. The molecular formula is C31H27N3O4S. The van der Waals surface area contributed by atoms with E-state index >= 15 is 0 Å². The lowest BCUT2D eigenvalue weighted by atomic mass is 9.82. The molecule has 7 nitrogen and oxygen atoms in total. The molecule has 0 fully saturated rings. The third-order valence-corrected chi connectivity index (χ3v) is 8.12. The molecule has 0 saturated carbocycles. The topological polar surface area (TPSA) is 77.2 Å². The van der Waals surface area contributed by atoms with Crippen LogP contribution in [-0.2, 0) is 0 Å². The van der Waals surface area contributed by atoms with Crippen molar-refractivity contribution in [1.29, 1.82) is 0 Å². The Hall–Kier alpha value is -4.30. The fourth-order valence-electron chi connectivity index (χ4n) is 5.39. The molecule has 0 spiro atoms. The number of fused-ring (bicyclic) bond motifs is 1. The van der Waals surface area contributed by atoms with Gasteiger partial charge in [-0.3, -0.25) is 10.1 Å². The summed E-state index contributed by atoms with van der Waals surface area (Å²) in [5.74, 6) is 1.63. The van der Waals surface area contributed by atoms with Crippen molar-refractivity contribution in [3.05, 3.63) is 122 Å². The number of amidine groups is 1. The van der Waals surface area contributed by atoms with Crippen molar-refractivity contribution in [2.75, 3.05) is 14.2 Å². The molecule has 2 aliphatic heterocycles. The third-order valence-electron chi connectivity index (χ3n) is 7.28. The van der Waals surface area contributed by atoms with Gasteiger partial charge in [-0.05, 0) is 71.9 Å². The minimum absolute atomic E-state index is 0.0732. The summed E-state index contributed by atoms with van der Waals surface area (Å²) in [6, 6.07) is 23.0. The Morgan fingerprint density at radius 2 is 1.72 bits per heavy atom. The molecule has 0 amide bonds. The number of nitro benzene ring substituents is 1. The number of thioether (sulfide) groups is 1. The summed E-state index contributed by atoms with van der Waals surface area (Å²) in [6.45, 7) is 0. The zero-order valence-electron chi connectivity index (χ0n) is 21.7. The molecule has 196 valence electrons. The second kappa shape index (κ2) is 10.5. The number of methoxy groups -OCH3 is 2. The number of benzene rings is 3. The number of hydrogen-bond donors (Lipinski definition) is 0. The summed E-state index contributed by atoms with van der Waals surface area (Å²) < 4.78 is 10.8. The summed E-state index contributed by atoms with van der Waals surface area (Å²) >= 11 is 1.56. The maximum Gasteiger partial charge on any atom is 0.270 e. The maximum absolute atomic E-state index is 11.5. The van der Waals surface area contributed by atoms with E-state index in [-0.39, 0.29) is 16.7 Å². The highest BCUT2D eigenvalue weighted by Gasteiger charge is 2.40. The van der Waals surface area contributed by atoms with Gasteiger partial charge in [-0.2, -0.15) is 0 Å². The molecule has 0 N–H and O–H groups in total. The Balaban J connectivity index is 1.46. The molecule has 1 aliphatic carbocycles. The zero-order chi connectivity index (χ0) is 26.9. The SMILES string of the molecule is COc1ccc(/C=C2\CCCC3=C2N=C2SC=C(c4cccc([N+](=O)[O-])c4)N2[C@@H]3c2ccc(OC)cc2)cc1. The van der Waals surface area contributed by atoms with E-state index in [1.54, 1.807) is 38.1 Å². The highest BCUT2D eigenvalue weighted by atomic mass is 32.2. The van der Waals surface area contributed by atoms with Gasteiger partial charge in [0.1, 0.15) is 11.5 Å². The Morgan fingerprint density at radius 1 is 1.00 bits per heavy atom. The highest BCUT2D eigenvalue weighted by Crippen LogP contribution is 2.51. The minimum atomic E-state index is -0.351. The van der Waals surface area contributed by atoms with E-state index in [0.29, 0.717) is 0 Å². The first-order chi connectivity index (χ1) is 19.1. The summed E-state index contributed by atoms with van der Waals surface area (Å²) in [5, 5.41) is 14.4. The monoisotopic (exact) mass is 537 g/mol. The van der Waals surface area contributed by atoms with Gasteiger partial charge in [0, 0.05) is 23.1 Å². The number of hydrogen-bond acceptors (Lipinski definition) is 7. The van der Waals surface area contributed by atoms with Crippen LogP contribution in [0.15, 0.2) is 100 Å². The first-order valence-corrected chi connectivity index (χ1v) is 13.7. The fourth-order valence-corrected chi connectivity index (χ4v) is 6.32. The van der Waals surface area contributed by atoms with Crippen LogP contribution in [0, 0.1) is 10.1 Å². The van der Waals surface area contributed by atoms with Gasteiger partial charge in [-0.1, -0.05) is 48.2 Å². The quantitative estimate of drug-likeness (QED) is 0.238. The number of allylic oxidation sites excluding steroid dienone is 1. The number of non-ortho nitro benzene ring substituents is 1. The van der Waals surface area contributed by atoms with E-state index in [2.05, 4.69) is 40.6 Å². The van der Waals surface area contributed by atoms with Gasteiger partial charge in [0.2, 0.25) is 0 Å². The summed E-state index contributed by atoms with van der Waals surface area (Å²) in [5.41, 5.74) is 7.55. The van der Waals surface area contributed by atoms with Crippen LogP contribution in [0.3, 0.4) is 0 Å². The number of nitro groups is 1. The van der Waals surface area contributed by atoms with Crippen LogP contribution in [-0.4, -0.2) is 29.2 Å². The van der Waals surface area contributed by atoms with E-state index in [0.717, 1.165) is 64.0 Å². The second-order valence-corrected chi connectivity index (χ2v) is 10.4. The van der Waals surface area contributed by atoms with Gasteiger partial charge in [0.15, 0.2) is 5.17 Å². The first kappa shape index (κ1) is 25.0. The van der Waals surface area contributed by atoms with E-state index in [1.165, 1.54) is 17.2 Å². The Labute approximate surface area is 231 Å². The molecule has 0 aromatic heterocycles. The van der Waals surface area contributed by atoms with Crippen molar-refractivity contribution in [3.63, 3.8) is 0 Å². The van der Waals surface area contributed by atoms with Crippen LogP contribution in [0.25, 0.3) is 11.8 Å². The molecular weight excluding hydrogens is 510 g/mol. The fraction of sp³-hybridized carbons (Fsp3) is 0.194. The average molecular weight is 538 g/mol. The zero-order valence-corrected chi connectivity index (χ0v) is 22.5. The molecule has 39 heavy (non-hydrogen) atoms. The standard InChI is InChI=1S/C31H27N3O4S/c1-37-25-13-9-20(10-14-25)17-23-6-4-8-27-29(23)32-31-33(30(27)21-11-15-26(38-2)16-12-21)28(19-39-31)22-5-3-7-24(18-22)34(35)36/h3,5,7,9-19,30H,4,6,8H2,1-2H3/b23-17+/t30-/m1/s1. The predicted molar refractivity (Wildman–Crippen MR) is 156 cm³/mol. The lowest BCUT2D eigenvalue weighted by Crippen LogP contribution is -2.34. The van der Waals surface area contributed by atoms with Crippen molar-refractivity contribution in [1.82, 2.24) is 4.90 Å². The van der Waals surface area contributed by atoms with Crippen LogP contribution in [0.1, 0.15) is 42.0 Å². The van der Waals surface area contributed by atoms with Crippen molar-refractivity contribution >= 4 is 34.4 Å². The summed E-state index contributed by atoms with van der Waals surface area (Å²) in [6.07, 6.45) is 5.13. The van der Waals surface area contributed by atoms with Gasteiger partial charge < -0.3 is 14.4 Å². The predicted octanol–water partition coefficient (Wildman–Crippen LogP) is 7.59. The average Bonchev–Trinajstić information content (AvgIpc) is 3.40. The van der Waals surface area contributed by atoms with Gasteiger partial charge in [-0.15, -0.1) is 0 Å². The Bertz CT molecular complexity index is 1560. The molecule has 0 unspecified atom stereocenters. The number of ether oxygens (including phenoxy) is 2. The van der Waals surface area contributed by atoms with Crippen molar-refractivity contribution in [3.8, 4) is 11.5 Å². The van der Waals surface area contributed by atoms with Crippen molar-refractivity contribution in [2.45, 2.75) is 25.3 Å². The molecule has 3 aromatic rings. The molecule has 6 rings (SSSR count). The molecule has 0 saturated heterocycles. The van der Waals surface area contributed by atoms with Gasteiger partial charge in [-0.25, -0.2) is 4.99 Å².